The number of ether oxygens (including phenoxy) is 1. The summed E-state index contributed by atoms with van der Waals surface area (Å²) in [5.74, 6) is -4.46. The molecule has 8 aromatic heterocycles. The third-order valence-electron chi connectivity index (χ3n) is 13.3. The molecule has 34 nitrogen and oxygen atoms in total. The maximum absolute atomic E-state index is 13.3. The number of esters is 1. The van der Waals surface area contributed by atoms with Crippen molar-refractivity contribution >= 4 is 123 Å². The molecule has 0 aromatic carbocycles. The minimum atomic E-state index is -0.632. The van der Waals surface area contributed by atoms with Gasteiger partial charge in [0.15, 0.2) is 23.3 Å². The molecule has 10 N–H and O–H groups in total. The predicted molar refractivity (Wildman–Crippen MR) is 322 cm³/mol. The highest BCUT2D eigenvalue weighted by Gasteiger charge is 2.23. The molecule has 89 heavy (non-hydrogen) atoms. The van der Waals surface area contributed by atoms with E-state index >= 15 is 0 Å². The largest absolute Gasteiger partial charge is 0.464 e. The molecule has 0 atom stereocenters. The van der Waals surface area contributed by atoms with E-state index in [2.05, 4.69) is 73.1 Å². The second-order valence-electron chi connectivity index (χ2n) is 20.4. The maximum atomic E-state index is 13.3. The molecular weight excluding hydrogens is 1160 g/mol. The summed E-state index contributed by atoms with van der Waals surface area (Å²) in [7, 11) is 14.2. The third kappa shape index (κ3) is 16.3. The zero-order chi connectivity index (χ0) is 64.4. The van der Waals surface area contributed by atoms with Crippen LogP contribution in [0.1, 0.15) is 97.9 Å². The molecule has 8 rings (SSSR count). The van der Waals surface area contributed by atoms with Gasteiger partial charge in [0, 0.05) is 169 Å². The molecule has 0 saturated carbocycles. The van der Waals surface area contributed by atoms with Crippen LogP contribution in [0.25, 0.3) is 0 Å². The zero-order valence-electron chi connectivity index (χ0n) is 49.7. The number of aromatic nitrogens is 12. The lowest BCUT2D eigenvalue weighted by Gasteiger charge is -2.06. The monoisotopic (exact) mass is 1220 g/mol. The van der Waals surface area contributed by atoms with E-state index < -0.39 is 65.0 Å². The average Bonchev–Trinajstić information content (AvgIpc) is 3.53. The number of anilines is 10. The van der Waals surface area contributed by atoms with Gasteiger partial charge < -0.3 is 94.4 Å². The fourth-order valence-corrected chi connectivity index (χ4v) is 8.85. The minimum absolute atomic E-state index is 0.0352. The van der Waals surface area contributed by atoms with Gasteiger partial charge in [-0.15, -0.1) is 0 Å². The van der Waals surface area contributed by atoms with Crippen LogP contribution in [0.2, 0.25) is 0 Å². The van der Waals surface area contributed by atoms with E-state index in [9.17, 15) is 52.7 Å². The van der Waals surface area contributed by atoms with Gasteiger partial charge in [-0.3, -0.25) is 47.9 Å². The summed E-state index contributed by atoms with van der Waals surface area (Å²) in [6.45, 7) is 0. The second-order valence-corrected chi connectivity index (χ2v) is 20.4. The number of carbonyl (C=O) groups is 11. The van der Waals surface area contributed by atoms with Gasteiger partial charge in [-0.1, -0.05) is 0 Å². The highest BCUT2D eigenvalue weighted by atomic mass is 16.5. The van der Waals surface area contributed by atoms with Gasteiger partial charge in [-0.25, -0.2) is 24.7 Å². The summed E-state index contributed by atoms with van der Waals surface area (Å²) in [5.41, 5.74) is 1.59. The zero-order valence-corrected chi connectivity index (χ0v) is 49.7. The Labute approximate surface area is 505 Å². The van der Waals surface area contributed by atoms with Gasteiger partial charge in [0.25, 0.3) is 23.6 Å². The Bertz CT molecular complexity index is 4080. The number of hydrogen-bond acceptors (Lipinski definition) is 16. The van der Waals surface area contributed by atoms with Gasteiger partial charge in [-0.05, 0) is 12.5 Å². The van der Waals surface area contributed by atoms with E-state index in [1.165, 1.54) is 74.6 Å². The minimum Gasteiger partial charge on any atom is -0.464 e. The van der Waals surface area contributed by atoms with E-state index in [-0.39, 0.29) is 91.4 Å². The van der Waals surface area contributed by atoms with Gasteiger partial charge in [0.1, 0.15) is 23.1 Å². The quantitative estimate of drug-likeness (QED) is 0.0367. The first-order valence-electron chi connectivity index (χ1n) is 27.1. The number of rotatable bonds is 25. The lowest BCUT2D eigenvalue weighted by Crippen LogP contribution is -2.18. The number of carbonyl (C=O) groups excluding carboxylic acids is 11. The number of imidazole rings is 4. The summed E-state index contributed by atoms with van der Waals surface area (Å²) < 4.78 is 16.7. The Hall–Kier alpha value is -11.9. The van der Waals surface area contributed by atoms with Crippen molar-refractivity contribution in [2.45, 2.75) is 44.9 Å². The molecule has 0 fully saturated rings. The van der Waals surface area contributed by atoms with Crippen LogP contribution in [0.15, 0.2) is 80.0 Å². The fraction of sp³-hybridized carbons (Fsp3) is 0.291. The van der Waals surface area contributed by atoms with Gasteiger partial charge in [0.05, 0.1) is 29.9 Å². The van der Waals surface area contributed by atoms with E-state index in [1.54, 1.807) is 106 Å². The van der Waals surface area contributed by atoms with Crippen LogP contribution in [0, 0.1) is 0 Å². The van der Waals surface area contributed by atoms with Gasteiger partial charge in [0.2, 0.25) is 52.9 Å². The smallest absolute Gasteiger partial charge is 0.354 e. The lowest BCUT2D eigenvalue weighted by molar-refractivity contribution is -0.121. The lowest BCUT2D eigenvalue weighted by atomic mass is 10.2. The first-order valence-corrected chi connectivity index (χ1v) is 27.1. The number of hydrogen-bond donors (Lipinski definition) is 10. The number of nitrogens with one attached hydrogen (secondary N) is 10. The number of nitrogens with zero attached hydrogens (tertiary/aromatic N) is 12. The van der Waals surface area contributed by atoms with Crippen molar-refractivity contribution in [3.05, 3.63) is 109 Å². The molecule has 0 bridgehead atoms. The van der Waals surface area contributed by atoms with Crippen LogP contribution < -0.4 is 53.2 Å². The van der Waals surface area contributed by atoms with Crippen molar-refractivity contribution in [2.24, 2.45) is 56.4 Å². The van der Waals surface area contributed by atoms with Crippen molar-refractivity contribution in [1.29, 1.82) is 0 Å². The molecule has 0 unspecified atom stereocenters. The molecule has 0 saturated heterocycles. The molecule has 0 radical (unpaired) electrons. The summed E-state index contributed by atoms with van der Waals surface area (Å²) in [5, 5.41) is 26.7. The first-order chi connectivity index (χ1) is 42.3. The Kier molecular flexibility index (Phi) is 19.5. The average molecular weight is 1230 g/mol. The fourth-order valence-electron chi connectivity index (χ4n) is 8.85. The van der Waals surface area contributed by atoms with Crippen LogP contribution in [0.4, 0.5) is 57.7 Å². The Morgan fingerprint density at radius 2 is 0.674 bits per heavy atom. The molecule has 0 aliphatic carbocycles. The van der Waals surface area contributed by atoms with Crippen molar-refractivity contribution in [2.75, 3.05) is 60.3 Å². The number of amides is 10. The van der Waals surface area contributed by atoms with Crippen LogP contribution in [-0.4, -0.2) is 129 Å². The Balaban J connectivity index is 0.714. The van der Waals surface area contributed by atoms with Crippen molar-refractivity contribution in [1.82, 2.24) is 56.5 Å². The van der Waals surface area contributed by atoms with Crippen LogP contribution in [0.3, 0.4) is 0 Å². The molecule has 466 valence electrons. The van der Waals surface area contributed by atoms with Crippen LogP contribution in [0.5, 0.6) is 0 Å². The molecule has 0 aliphatic heterocycles. The van der Waals surface area contributed by atoms with E-state index in [0.29, 0.717) is 40.2 Å². The highest BCUT2D eigenvalue weighted by molar-refractivity contribution is 6.06. The first kappa shape index (κ1) is 63.2. The van der Waals surface area contributed by atoms with E-state index in [0.717, 1.165) is 0 Å². The topological polar surface area (TPSA) is 408 Å². The molecule has 8 aromatic rings. The number of methoxy groups -OCH3 is 1. The molecular formula is C55H64N22O12. The van der Waals surface area contributed by atoms with E-state index in [4.69, 9.17) is 4.74 Å². The summed E-state index contributed by atoms with van der Waals surface area (Å²) in [6.07, 6.45) is 12.9. The molecule has 0 aliphatic rings. The highest BCUT2D eigenvalue weighted by Crippen LogP contribution is 2.23. The molecule has 34 heteroatoms. The van der Waals surface area contributed by atoms with E-state index in [1.807, 2.05) is 0 Å². The normalized spacial score (nSPS) is 10.9. The Morgan fingerprint density at radius 1 is 0.360 bits per heavy atom. The Morgan fingerprint density at radius 3 is 1.02 bits per heavy atom. The maximum Gasteiger partial charge on any atom is 0.354 e. The molecule has 10 amide bonds. The van der Waals surface area contributed by atoms with Crippen LogP contribution >= 0.6 is 0 Å². The summed E-state index contributed by atoms with van der Waals surface area (Å²) in [4.78, 5) is 158. The summed E-state index contributed by atoms with van der Waals surface area (Å²) in [6, 6.07) is 6.03. The third-order valence-corrected chi connectivity index (χ3v) is 13.3. The van der Waals surface area contributed by atoms with Crippen molar-refractivity contribution in [3.63, 3.8) is 0 Å². The van der Waals surface area contributed by atoms with Gasteiger partial charge in [-0.2, -0.15) is 0 Å². The van der Waals surface area contributed by atoms with Crippen LogP contribution in [-0.2, 0) is 89.9 Å². The predicted octanol–water partition coefficient (Wildman–Crippen LogP) is 3.23. The van der Waals surface area contributed by atoms with Crippen molar-refractivity contribution in [3.8, 4) is 0 Å². The SMILES string of the molecule is COC(=O)c1cc(NC(=O)c2nc(NC(=O)CCC(=O)Nc3cc(NC(=O)c4nc(NC(=O)CCCC(=O)Nc5cc(NC(=O)c6nc(NC(=O)CCC(=O)Nc7cc(NC(=O)c8nccn8C)cn7C)cn6C)cn5C)cn4C)cn3C)cn2C)cn1C. The summed E-state index contributed by atoms with van der Waals surface area (Å²) >= 11 is 0. The van der Waals surface area contributed by atoms with Gasteiger partial charge >= 0.3 is 5.97 Å². The number of aryl methyl sites for hydroxylation is 8. The molecule has 8 heterocycles. The second kappa shape index (κ2) is 27.4. The van der Waals surface area contributed by atoms with Crippen molar-refractivity contribution < 1.29 is 57.5 Å². The molecule has 0 spiro atoms. The standard InChI is InChI=1S/C55H64N22O12/c1-70-18-17-56-47(70)51(84)58-31-20-39(73(4)24-31)68-45(82)15-13-44(81)63-37-29-77(8)50(66-37)54(87)59-32-21-38(72(3)25-32)67-42(79)12-10-11-41(78)61-35-27-75(6)49(64-35)53(86)60-33-22-40(74(5)26-33)69-46(83)16-14-43(80)62-36-28-76(7)48(65-36)52(85)57-30-19-34(55(88)89-9)71(2)23-30/h17-29H,10-16H2,1-9H3,(H,57,85)(H,58,84)(H,59,87)(H,60,86)(H,61,78)(H,62,80)(H,63,81)(H,67,79)(H,68,82)(H,69,83).